The Labute approximate surface area is 306 Å². The van der Waals surface area contributed by atoms with E-state index in [4.69, 9.17) is 0 Å². The molecule has 0 aliphatic carbocycles. The summed E-state index contributed by atoms with van der Waals surface area (Å²) < 4.78 is 0. The van der Waals surface area contributed by atoms with Gasteiger partial charge in [-0.05, 0) is 0 Å². The maximum Gasteiger partial charge on any atom is 0.197 e. The van der Waals surface area contributed by atoms with Crippen LogP contribution in [0.3, 0.4) is 0 Å². The molecule has 0 atom stereocenters. The van der Waals surface area contributed by atoms with E-state index in [1.54, 1.807) is 182 Å². The van der Waals surface area contributed by atoms with E-state index in [-0.39, 0.29) is 33.4 Å². The van der Waals surface area contributed by atoms with Crippen LogP contribution in [0.1, 0.15) is 62.1 Å². The molecule has 0 aliphatic heterocycles. The van der Waals surface area contributed by atoms with Crippen molar-refractivity contribution in [3.8, 4) is 0 Å². The van der Waals surface area contributed by atoms with Crippen LogP contribution in [-0.4, -0.2) is 33.1 Å². The lowest BCUT2D eigenvalue weighted by atomic mass is 10.2. The minimum atomic E-state index is -2.71. The van der Waals surface area contributed by atoms with Crippen LogP contribution in [0.15, 0.2) is 182 Å². The lowest BCUT2D eigenvalue weighted by Crippen LogP contribution is -2.14. The van der Waals surface area contributed by atoms with Crippen molar-refractivity contribution in [3.63, 3.8) is 0 Å². The Kier molecular flexibility index (Phi) is 12.4. The van der Waals surface area contributed by atoms with Gasteiger partial charge in [0.15, 0.2) is 33.1 Å². The number of carbonyl (C=O) groups is 6. The Morgan fingerprint density at radius 2 is 0.365 bits per heavy atom. The Balaban J connectivity index is 1.71. The zero-order valence-electron chi connectivity index (χ0n) is 27.6. The van der Waals surface area contributed by atoms with E-state index in [0.29, 0.717) is 0 Å². The summed E-state index contributed by atoms with van der Waals surface area (Å²) in [5.41, 5.74) is -2.46. The van der Waals surface area contributed by atoms with Gasteiger partial charge in [-0.3, -0.25) is 28.8 Å². The van der Waals surface area contributed by atoms with Gasteiger partial charge in [0.25, 0.3) is 0 Å². The first kappa shape index (κ1) is 36.8. The smallest absolute Gasteiger partial charge is 0.197 e. The van der Waals surface area contributed by atoms with Gasteiger partial charge in [-0.1, -0.05) is 182 Å². The molecule has 0 aliphatic rings. The van der Waals surface area contributed by atoms with E-state index < -0.39 is 63.0 Å². The molecule has 0 heterocycles. The van der Waals surface area contributed by atoms with Crippen LogP contribution in [-0.2, 0) is 0 Å². The first-order valence-electron chi connectivity index (χ1n) is 16.1. The van der Waals surface area contributed by atoms with Crippen molar-refractivity contribution < 1.29 is 28.8 Å². The van der Waals surface area contributed by atoms with Gasteiger partial charge in [-0.25, -0.2) is 0 Å². The fourth-order valence-electron chi connectivity index (χ4n) is 5.25. The normalized spacial score (nSPS) is 11.1. The van der Waals surface area contributed by atoms with Gasteiger partial charge in [0.05, 0.1) is 22.8 Å². The molecule has 0 saturated carbocycles. The maximum atomic E-state index is 15.0. The van der Waals surface area contributed by atoms with Crippen molar-refractivity contribution in [1.82, 2.24) is 0 Å². The minimum Gasteiger partial charge on any atom is -0.288 e. The van der Waals surface area contributed by atoms with Gasteiger partial charge in [0.1, 0.15) is 0 Å². The molecule has 0 amide bonds. The molecule has 0 N–H and O–H groups in total. The highest BCUT2D eigenvalue weighted by Gasteiger charge is 2.54. The van der Waals surface area contributed by atoms with E-state index in [1.165, 1.54) is 0 Å². The van der Waals surface area contributed by atoms with E-state index in [0.717, 1.165) is 0 Å². The van der Waals surface area contributed by atoms with Crippen LogP contribution in [0.4, 0.5) is 0 Å². The lowest BCUT2D eigenvalue weighted by molar-refractivity contribution is 0.104. The Bertz CT molecular complexity index is 1790. The number of hydrogen-bond donors (Lipinski definition) is 0. The molecule has 254 valence electrons. The minimum absolute atomic E-state index is 0.189. The maximum absolute atomic E-state index is 15.0. The number of benzene rings is 6. The van der Waals surface area contributed by atoms with Crippen molar-refractivity contribution in [2.24, 2.45) is 0 Å². The van der Waals surface area contributed by atoms with Crippen LogP contribution in [0.2, 0.25) is 0 Å². The van der Waals surface area contributed by atoms with Crippen molar-refractivity contribution in [3.05, 3.63) is 215 Å². The molecule has 0 unspecified atom stereocenters. The molecule has 0 saturated heterocycles. The summed E-state index contributed by atoms with van der Waals surface area (Å²) in [4.78, 5) is 90.3. The number of hydrogen-bond acceptors (Lipinski definition) is 6. The van der Waals surface area contributed by atoms with Gasteiger partial charge in [0.2, 0.25) is 0 Å². The summed E-state index contributed by atoms with van der Waals surface area (Å²) >= 11 is 0. The summed E-state index contributed by atoms with van der Waals surface area (Å²) in [5.74, 6) is 0. The second-order valence-corrected chi connectivity index (χ2v) is 26.1. The predicted molar refractivity (Wildman–Crippen MR) is 212 cm³/mol. The molecule has 10 heteroatoms. The van der Waals surface area contributed by atoms with E-state index in [1.807, 2.05) is 0 Å². The van der Waals surface area contributed by atoms with Gasteiger partial charge in [0, 0.05) is 40.4 Å². The van der Waals surface area contributed by atoms with Crippen LogP contribution >= 0.6 is 29.8 Å². The summed E-state index contributed by atoms with van der Waals surface area (Å²) in [6.07, 6.45) is 0. The average molecular weight is 755 g/mol. The molecule has 0 bridgehead atoms. The lowest BCUT2D eigenvalue weighted by Gasteiger charge is -2.35. The van der Waals surface area contributed by atoms with Crippen molar-refractivity contribution >= 4 is 63.0 Å². The zero-order chi connectivity index (χ0) is 36.5. The summed E-state index contributed by atoms with van der Waals surface area (Å²) in [7, 11) is -8.12. The van der Waals surface area contributed by atoms with Crippen LogP contribution in [0.25, 0.3) is 0 Å². The largest absolute Gasteiger partial charge is 0.288 e. The second kappa shape index (κ2) is 17.5. The summed E-state index contributed by atoms with van der Waals surface area (Å²) in [5, 5.41) is 0. The first-order chi connectivity index (χ1) is 25.4. The predicted octanol–water partition coefficient (Wildman–Crippen LogP) is 11.7. The summed E-state index contributed by atoms with van der Waals surface area (Å²) in [6.45, 7) is -2.63. The molecular weight excluding hydrogens is 724 g/mol. The molecule has 0 radical (unpaired) electrons. The van der Waals surface area contributed by atoms with E-state index in [9.17, 15) is 0 Å². The standard InChI is InChI=1S/C42H30O6P4/c43-37(31-19-7-1-8-20-31)49(38(44)32-21-9-2-10-22-32)52(50(39(45)33-23-11-3-12-24-33)40(46)34-25-13-4-14-26-34)51(41(47)35-27-15-5-16-28-35)42(48)36-29-17-6-18-30-36/h1-30H. The molecule has 6 aromatic rings. The zero-order valence-corrected chi connectivity index (χ0v) is 31.1. The third kappa shape index (κ3) is 8.24. The van der Waals surface area contributed by atoms with Gasteiger partial charge >= 0.3 is 0 Å². The number of rotatable bonds is 15. The quantitative estimate of drug-likeness (QED) is 0.0967. The Morgan fingerprint density at radius 1 is 0.231 bits per heavy atom. The molecule has 0 aromatic heterocycles. The molecule has 6 aromatic carbocycles. The van der Waals surface area contributed by atoms with Crippen molar-refractivity contribution in [2.45, 2.75) is 0 Å². The third-order valence-electron chi connectivity index (χ3n) is 7.82. The number of carbonyl (C=O) groups excluding carboxylic acids is 6. The highest BCUT2D eigenvalue weighted by molar-refractivity contribution is 8.95. The second-order valence-electron chi connectivity index (χ2n) is 11.2. The summed E-state index contributed by atoms with van der Waals surface area (Å²) in [6, 6.07) is 49.2. The topological polar surface area (TPSA) is 102 Å². The molecule has 6 rings (SSSR count). The fraction of sp³-hybridized carbons (Fsp3) is 0. The van der Waals surface area contributed by atoms with Crippen molar-refractivity contribution in [2.75, 3.05) is 0 Å². The molecule has 0 fully saturated rings. The highest BCUT2D eigenvalue weighted by Crippen LogP contribution is 3.02. The van der Waals surface area contributed by atoms with Gasteiger partial charge in [-0.15, -0.1) is 0 Å². The first-order valence-corrected chi connectivity index (χ1v) is 23.6. The SMILES string of the molecule is O=C(c1ccccc1)P(C(=O)c1ccccc1)P(P(C(=O)c1ccccc1)C(=O)c1ccccc1)P(C(=O)c1ccccc1)C(=O)c1ccccc1. The third-order valence-corrected chi connectivity index (χ3v) is 28.9. The average Bonchev–Trinajstić information content (AvgIpc) is 3.22. The molecule has 0 spiro atoms. The van der Waals surface area contributed by atoms with Crippen LogP contribution in [0.5, 0.6) is 0 Å². The van der Waals surface area contributed by atoms with Gasteiger partial charge < -0.3 is 0 Å². The van der Waals surface area contributed by atoms with E-state index in [2.05, 4.69) is 0 Å². The van der Waals surface area contributed by atoms with E-state index >= 15 is 28.8 Å². The fourth-order valence-corrected chi connectivity index (χ4v) is 29.9. The highest BCUT2D eigenvalue weighted by atomic mass is 32.8. The Morgan fingerprint density at radius 3 is 0.500 bits per heavy atom. The van der Waals surface area contributed by atoms with Crippen LogP contribution in [0, 0.1) is 0 Å². The van der Waals surface area contributed by atoms with Gasteiger partial charge in [-0.2, -0.15) is 0 Å². The molecule has 52 heavy (non-hydrogen) atoms. The molecule has 6 nitrogen and oxygen atoms in total. The molecular formula is C42H30O6P4. The Hall–Kier alpha value is -4.94. The van der Waals surface area contributed by atoms with Crippen LogP contribution < -0.4 is 0 Å². The monoisotopic (exact) mass is 754 g/mol. The van der Waals surface area contributed by atoms with Crippen molar-refractivity contribution in [1.29, 1.82) is 0 Å².